The van der Waals surface area contributed by atoms with Gasteiger partial charge in [-0.1, -0.05) is 25.9 Å². The number of hydrogen-bond acceptors (Lipinski definition) is 8. The zero-order valence-corrected chi connectivity index (χ0v) is 24.9. The number of ether oxygens (including phenoxy) is 1. The summed E-state index contributed by atoms with van der Waals surface area (Å²) >= 11 is 0. The smallest absolute Gasteiger partial charge is 0.308 e. The Morgan fingerprint density at radius 1 is 1.17 bits per heavy atom. The maximum absolute atomic E-state index is 13.5. The number of benzene rings is 1. The molecule has 1 atom stereocenters. The lowest BCUT2D eigenvalue weighted by molar-refractivity contribution is -0.151. The molecule has 0 bridgehead atoms. The molecule has 0 aliphatic carbocycles. The Labute approximate surface area is 244 Å². The Bertz CT molecular complexity index is 1520. The molecule has 5 rings (SSSR count). The molecule has 1 saturated heterocycles. The van der Waals surface area contributed by atoms with Gasteiger partial charge in [-0.25, -0.2) is 9.37 Å². The zero-order chi connectivity index (χ0) is 30.0. The topological polar surface area (TPSA) is 120 Å². The Balaban J connectivity index is 1.16. The van der Waals surface area contributed by atoms with Crippen LogP contribution in [0.25, 0.3) is 11.0 Å². The summed E-state index contributed by atoms with van der Waals surface area (Å²) < 4.78 is 26.3. The third-order valence-corrected chi connectivity index (χ3v) is 8.32. The molecule has 226 valence electrons. The molecule has 1 fully saturated rings. The standard InChI is InChI=1S/C31H40FN5O5/c1-19-22(12-17-36-15-10-20(11-16-36)27-23-8-7-21(32)18-25(23)42-35-27)29(39)37-14-5-6-24(28(37)34-19)41-26(38)9-13-33-30(40)31(2,3)4/h7-8,18,20,24H,5-6,9-17H2,1-4H3,(H,33,40). The molecule has 2 aromatic heterocycles. The van der Waals surface area contributed by atoms with E-state index >= 15 is 0 Å². The van der Waals surface area contributed by atoms with Crippen LogP contribution >= 0.6 is 0 Å². The molecule has 4 heterocycles. The number of nitrogens with zero attached hydrogens (tertiary/aromatic N) is 4. The molecule has 2 aliphatic rings. The van der Waals surface area contributed by atoms with Crippen LogP contribution < -0.4 is 10.9 Å². The number of aryl methyl sites for hydroxylation is 1. The van der Waals surface area contributed by atoms with E-state index in [2.05, 4.69) is 15.4 Å². The molecule has 3 aromatic rings. The highest BCUT2D eigenvalue weighted by atomic mass is 19.1. The summed E-state index contributed by atoms with van der Waals surface area (Å²) in [7, 11) is 0. The highest BCUT2D eigenvalue weighted by molar-refractivity contribution is 5.82. The van der Waals surface area contributed by atoms with Gasteiger partial charge in [0.15, 0.2) is 17.5 Å². The summed E-state index contributed by atoms with van der Waals surface area (Å²) in [6, 6.07) is 4.55. The Hall–Kier alpha value is -3.60. The molecule has 2 aliphatic heterocycles. The van der Waals surface area contributed by atoms with Gasteiger partial charge in [0.25, 0.3) is 5.56 Å². The van der Waals surface area contributed by atoms with E-state index in [1.807, 2.05) is 27.7 Å². The van der Waals surface area contributed by atoms with E-state index in [9.17, 15) is 18.8 Å². The van der Waals surface area contributed by atoms with Gasteiger partial charge in [-0.05, 0) is 64.3 Å². The van der Waals surface area contributed by atoms with Crippen molar-refractivity contribution in [3.05, 3.63) is 57.1 Å². The first-order valence-electron chi connectivity index (χ1n) is 14.9. The average molecular weight is 582 g/mol. The quantitative estimate of drug-likeness (QED) is 0.394. The van der Waals surface area contributed by atoms with Gasteiger partial charge < -0.3 is 19.5 Å². The second-order valence-corrected chi connectivity index (χ2v) is 12.4. The van der Waals surface area contributed by atoms with Crippen LogP contribution in [0.5, 0.6) is 0 Å². The van der Waals surface area contributed by atoms with Gasteiger partial charge in [-0.2, -0.15) is 0 Å². The van der Waals surface area contributed by atoms with Crippen molar-refractivity contribution in [2.75, 3.05) is 26.2 Å². The molecule has 0 saturated carbocycles. The summed E-state index contributed by atoms with van der Waals surface area (Å²) in [5, 5.41) is 7.87. The van der Waals surface area contributed by atoms with E-state index in [1.165, 1.54) is 12.1 Å². The second kappa shape index (κ2) is 12.3. The lowest BCUT2D eigenvalue weighted by Gasteiger charge is -2.31. The van der Waals surface area contributed by atoms with Gasteiger partial charge in [0.2, 0.25) is 5.91 Å². The first-order chi connectivity index (χ1) is 20.0. The van der Waals surface area contributed by atoms with E-state index < -0.39 is 17.5 Å². The van der Waals surface area contributed by atoms with Crippen molar-refractivity contribution in [1.29, 1.82) is 0 Å². The minimum Gasteiger partial charge on any atom is -0.454 e. The molecular formula is C31H40FN5O5. The molecule has 0 spiro atoms. The highest BCUT2D eigenvalue weighted by Crippen LogP contribution is 2.33. The molecule has 1 unspecified atom stereocenters. The van der Waals surface area contributed by atoms with Crippen molar-refractivity contribution in [1.82, 2.24) is 24.9 Å². The number of nitrogens with one attached hydrogen (secondary N) is 1. The van der Waals surface area contributed by atoms with Crippen LogP contribution in [0.15, 0.2) is 27.5 Å². The summed E-state index contributed by atoms with van der Waals surface area (Å²) in [5.74, 6) is -0.133. The SMILES string of the molecule is Cc1nc2n(c(=O)c1CCN1CCC(c3noc4cc(F)ccc34)CC1)CCCC2OC(=O)CCNC(=O)C(C)(C)C. The first kappa shape index (κ1) is 29.9. The number of rotatable bonds is 8. The number of esters is 1. The number of hydrogen-bond donors (Lipinski definition) is 1. The van der Waals surface area contributed by atoms with Crippen molar-refractivity contribution >= 4 is 22.8 Å². The molecule has 11 heteroatoms. The molecule has 1 aromatic carbocycles. The number of amides is 1. The van der Waals surface area contributed by atoms with E-state index in [-0.39, 0.29) is 36.2 Å². The fourth-order valence-electron chi connectivity index (χ4n) is 5.83. The third-order valence-electron chi connectivity index (χ3n) is 8.32. The van der Waals surface area contributed by atoms with Crippen molar-refractivity contribution in [2.24, 2.45) is 5.41 Å². The van der Waals surface area contributed by atoms with Crippen LogP contribution in [0.2, 0.25) is 0 Å². The monoisotopic (exact) mass is 581 g/mol. The van der Waals surface area contributed by atoms with Crippen LogP contribution in [-0.4, -0.2) is 57.7 Å². The number of carbonyl (C=O) groups excluding carboxylic acids is 2. The predicted octanol–water partition coefficient (Wildman–Crippen LogP) is 4.18. The molecule has 10 nitrogen and oxygen atoms in total. The normalized spacial score (nSPS) is 18.2. The van der Waals surface area contributed by atoms with Gasteiger partial charge in [-0.15, -0.1) is 0 Å². The number of piperidine rings is 1. The molecule has 0 radical (unpaired) electrons. The maximum Gasteiger partial charge on any atom is 0.308 e. The Morgan fingerprint density at radius 2 is 1.93 bits per heavy atom. The highest BCUT2D eigenvalue weighted by Gasteiger charge is 2.29. The maximum atomic E-state index is 13.5. The number of fused-ring (bicyclic) bond motifs is 2. The number of halogens is 1. The Morgan fingerprint density at radius 3 is 2.67 bits per heavy atom. The van der Waals surface area contributed by atoms with Gasteiger partial charge in [0.05, 0.1) is 12.1 Å². The lowest BCUT2D eigenvalue weighted by atomic mass is 9.91. The predicted molar refractivity (Wildman–Crippen MR) is 154 cm³/mol. The summed E-state index contributed by atoms with van der Waals surface area (Å²) in [6.07, 6.45) is 3.21. The van der Waals surface area contributed by atoms with Crippen LogP contribution in [0.1, 0.15) is 87.7 Å². The van der Waals surface area contributed by atoms with Gasteiger partial charge >= 0.3 is 5.97 Å². The van der Waals surface area contributed by atoms with Crippen LogP contribution in [0, 0.1) is 18.2 Å². The van der Waals surface area contributed by atoms with Gasteiger partial charge in [0.1, 0.15) is 5.82 Å². The minimum atomic E-state index is -0.576. The summed E-state index contributed by atoms with van der Waals surface area (Å²) in [6.45, 7) is 10.5. The van der Waals surface area contributed by atoms with Crippen LogP contribution in [0.3, 0.4) is 0 Å². The number of aromatic nitrogens is 3. The van der Waals surface area contributed by atoms with E-state index in [1.54, 1.807) is 10.6 Å². The summed E-state index contributed by atoms with van der Waals surface area (Å²) in [5.41, 5.74) is 2.14. The fourth-order valence-corrected chi connectivity index (χ4v) is 5.83. The fraction of sp³-hybridized carbons (Fsp3) is 0.581. The van der Waals surface area contributed by atoms with Crippen molar-refractivity contribution in [2.45, 2.75) is 84.8 Å². The lowest BCUT2D eigenvalue weighted by Crippen LogP contribution is -2.38. The van der Waals surface area contributed by atoms with E-state index in [0.717, 1.165) is 43.6 Å². The molecule has 1 N–H and O–H groups in total. The number of likely N-dealkylation sites (tertiary alicyclic amines) is 1. The zero-order valence-electron chi connectivity index (χ0n) is 24.9. The van der Waals surface area contributed by atoms with Crippen molar-refractivity contribution in [3.63, 3.8) is 0 Å². The van der Waals surface area contributed by atoms with Crippen LogP contribution in [-0.2, 0) is 27.3 Å². The van der Waals surface area contributed by atoms with Gasteiger partial charge in [0, 0.05) is 53.7 Å². The van der Waals surface area contributed by atoms with Crippen LogP contribution in [0.4, 0.5) is 4.39 Å². The number of carbonyl (C=O) groups is 2. The molecule has 42 heavy (non-hydrogen) atoms. The van der Waals surface area contributed by atoms with E-state index in [4.69, 9.17) is 14.2 Å². The van der Waals surface area contributed by atoms with Crippen molar-refractivity contribution in [3.8, 4) is 0 Å². The molecule has 1 amide bonds. The first-order valence-corrected chi connectivity index (χ1v) is 14.9. The van der Waals surface area contributed by atoms with E-state index in [0.29, 0.717) is 48.5 Å². The van der Waals surface area contributed by atoms with Crippen molar-refractivity contribution < 1.29 is 23.2 Å². The largest absolute Gasteiger partial charge is 0.454 e. The minimum absolute atomic E-state index is 0.0573. The molecular weight excluding hydrogens is 541 g/mol. The third kappa shape index (κ3) is 6.56. The second-order valence-electron chi connectivity index (χ2n) is 12.4. The van der Waals surface area contributed by atoms with Gasteiger partial charge in [-0.3, -0.25) is 19.0 Å². The average Bonchev–Trinajstić information content (AvgIpc) is 3.36. The Kier molecular flexibility index (Phi) is 8.77. The summed E-state index contributed by atoms with van der Waals surface area (Å²) in [4.78, 5) is 45.2.